The van der Waals surface area contributed by atoms with Crippen molar-refractivity contribution in [3.05, 3.63) is 56.5 Å². The Labute approximate surface area is 141 Å². The third-order valence-corrected chi connectivity index (χ3v) is 3.82. The van der Waals surface area contributed by atoms with Crippen LogP contribution < -0.4 is 10.6 Å². The van der Waals surface area contributed by atoms with Gasteiger partial charge in [-0.05, 0) is 31.2 Å². The smallest absolute Gasteiger partial charge is 0.243 e. The number of nitrogens with one attached hydrogen (secondary N) is 2. The minimum Gasteiger partial charge on any atom is -0.374 e. The van der Waals surface area contributed by atoms with Crippen LogP contribution in [0.3, 0.4) is 0 Å². The molecule has 2 aromatic rings. The molecule has 0 spiro atoms. The lowest BCUT2D eigenvalue weighted by Gasteiger charge is -2.11. The molecule has 3 nitrogen and oxygen atoms in total. The average molecular weight is 388 g/mol. The predicted molar refractivity (Wildman–Crippen MR) is 92.5 cm³/mol. The number of hydrogen-bond donors (Lipinski definition) is 2. The summed E-state index contributed by atoms with van der Waals surface area (Å²) < 4.78 is 0.784. The Morgan fingerprint density at radius 1 is 1.14 bits per heavy atom. The monoisotopic (exact) mass is 386 g/mol. The fourth-order valence-corrected chi connectivity index (χ4v) is 3.06. The Hall–Kier alpha value is -1.23. The van der Waals surface area contributed by atoms with Gasteiger partial charge in [0.2, 0.25) is 5.91 Å². The van der Waals surface area contributed by atoms with E-state index in [0.717, 1.165) is 15.7 Å². The van der Waals surface area contributed by atoms with E-state index in [1.54, 1.807) is 12.1 Å². The number of amides is 1. The Morgan fingerprint density at radius 3 is 2.29 bits per heavy atom. The highest BCUT2D eigenvalue weighted by atomic mass is 79.9. The second-order valence-electron chi connectivity index (χ2n) is 4.51. The van der Waals surface area contributed by atoms with E-state index in [0.29, 0.717) is 15.7 Å². The van der Waals surface area contributed by atoms with E-state index in [2.05, 4.69) is 26.6 Å². The molecule has 0 aliphatic rings. The van der Waals surface area contributed by atoms with Crippen molar-refractivity contribution in [2.75, 3.05) is 17.2 Å². The molecule has 2 N–H and O–H groups in total. The van der Waals surface area contributed by atoms with Gasteiger partial charge < -0.3 is 10.6 Å². The molecule has 0 aliphatic carbocycles. The van der Waals surface area contributed by atoms with E-state index in [-0.39, 0.29) is 12.5 Å². The van der Waals surface area contributed by atoms with Crippen LogP contribution in [0.2, 0.25) is 10.0 Å². The van der Waals surface area contributed by atoms with E-state index >= 15 is 0 Å². The first-order valence-electron chi connectivity index (χ1n) is 6.20. The van der Waals surface area contributed by atoms with Crippen molar-refractivity contribution in [2.24, 2.45) is 0 Å². The zero-order chi connectivity index (χ0) is 15.4. The molecule has 0 saturated heterocycles. The van der Waals surface area contributed by atoms with Gasteiger partial charge in [0.25, 0.3) is 0 Å². The number of hydrogen-bond acceptors (Lipinski definition) is 2. The quantitative estimate of drug-likeness (QED) is 0.764. The molecule has 0 heterocycles. The second-order valence-corrected chi connectivity index (χ2v) is 6.24. The summed E-state index contributed by atoms with van der Waals surface area (Å²) in [5, 5.41) is 6.65. The van der Waals surface area contributed by atoms with Crippen molar-refractivity contribution in [1.82, 2.24) is 0 Å². The molecule has 0 fully saturated rings. The zero-order valence-electron chi connectivity index (χ0n) is 11.2. The van der Waals surface area contributed by atoms with Crippen LogP contribution in [0.15, 0.2) is 40.9 Å². The fourth-order valence-electron chi connectivity index (χ4n) is 1.72. The first kappa shape index (κ1) is 16.1. The number of aryl methyl sites for hydroxylation is 1. The third-order valence-electron chi connectivity index (χ3n) is 2.77. The van der Waals surface area contributed by atoms with Gasteiger partial charge in [0, 0.05) is 10.2 Å². The van der Waals surface area contributed by atoms with Gasteiger partial charge in [-0.25, -0.2) is 0 Å². The summed E-state index contributed by atoms with van der Waals surface area (Å²) in [7, 11) is 0. The SMILES string of the molecule is Cc1ccc(NC(=O)CNc2c(Cl)cc(Br)cc2Cl)cc1. The van der Waals surface area contributed by atoms with Gasteiger partial charge in [-0.15, -0.1) is 0 Å². The van der Waals surface area contributed by atoms with Crippen LogP contribution >= 0.6 is 39.1 Å². The Bertz CT molecular complexity index is 636. The summed E-state index contributed by atoms with van der Waals surface area (Å²) in [6.07, 6.45) is 0. The molecule has 2 aromatic carbocycles. The highest BCUT2D eigenvalue weighted by molar-refractivity contribution is 9.10. The molecule has 6 heteroatoms. The van der Waals surface area contributed by atoms with Crippen LogP contribution in [-0.4, -0.2) is 12.5 Å². The van der Waals surface area contributed by atoms with Crippen molar-refractivity contribution in [2.45, 2.75) is 6.92 Å². The largest absolute Gasteiger partial charge is 0.374 e. The van der Waals surface area contributed by atoms with Gasteiger partial charge in [0.15, 0.2) is 0 Å². The maximum Gasteiger partial charge on any atom is 0.243 e. The van der Waals surface area contributed by atoms with Crippen LogP contribution in [0.5, 0.6) is 0 Å². The van der Waals surface area contributed by atoms with E-state index < -0.39 is 0 Å². The summed E-state index contributed by atoms with van der Waals surface area (Å²) in [5.41, 5.74) is 2.43. The third kappa shape index (κ3) is 4.63. The predicted octanol–water partition coefficient (Wildman–Crippen LogP) is 5.11. The van der Waals surface area contributed by atoms with E-state index in [4.69, 9.17) is 23.2 Å². The topological polar surface area (TPSA) is 41.1 Å². The standard InChI is InChI=1S/C15H13BrCl2N2O/c1-9-2-4-11(5-3-9)20-14(21)8-19-15-12(17)6-10(16)7-13(15)18/h2-7,19H,8H2,1H3,(H,20,21). The van der Waals surface area contributed by atoms with Gasteiger partial charge in [0.05, 0.1) is 22.3 Å². The Balaban J connectivity index is 1.97. The number of benzene rings is 2. The van der Waals surface area contributed by atoms with Crippen LogP contribution in [0.4, 0.5) is 11.4 Å². The van der Waals surface area contributed by atoms with Gasteiger partial charge in [0.1, 0.15) is 0 Å². The normalized spacial score (nSPS) is 10.3. The molecule has 110 valence electrons. The van der Waals surface area contributed by atoms with Crippen molar-refractivity contribution >= 4 is 56.4 Å². The number of carbonyl (C=O) groups excluding carboxylic acids is 1. The highest BCUT2D eigenvalue weighted by Crippen LogP contribution is 2.33. The molecular weight excluding hydrogens is 375 g/mol. The molecule has 2 rings (SSSR count). The van der Waals surface area contributed by atoms with E-state index in [1.807, 2.05) is 31.2 Å². The summed E-state index contributed by atoms with van der Waals surface area (Å²) in [6.45, 7) is 2.07. The molecule has 0 bridgehead atoms. The highest BCUT2D eigenvalue weighted by Gasteiger charge is 2.09. The Kier molecular flexibility index (Phi) is 5.51. The van der Waals surface area contributed by atoms with Gasteiger partial charge >= 0.3 is 0 Å². The van der Waals surface area contributed by atoms with Crippen LogP contribution in [0, 0.1) is 6.92 Å². The molecular formula is C15H13BrCl2N2O. The number of anilines is 2. The summed E-state index contributed by atoms with van der Waals surface area (Å²) in [4.78, 5) is 11.9. The lowest BCUT2D eigenvalue weighted by Crippen LogP contribution is -2.22. The molecule has 0 unspecified atom stereocenters. The van der Waals surface area contributed by atoms with Gasteiger partial charge in [-0.2, -0.15) is 0 Å². The van der Waals surface area contributed by atoms with Crippen molar-refractivity contribution in [1.29, 1.82) is 0 Å². The Morgan fingerprint density at radius 2 is 1.71 bits per heavy atom. The second kappa shape index (κ2) is 7.16. The van der Waals surface area contributed by atoms with Crippen molar-refractivity contribution in [3.63, 3.8) is 0 Å². The molecule has 0 aromatic heterocycles. The summed E-state index contributed by atoms with van der Waals surface area (Å²) >= 11 is 15.5. The van der Waals surface area contributed by atoms with Gasteiger partial charge in [-0.3, -0.25) is 4.79 Å². The van der Waals surface area contributed by atoms with Crippen LogP contribution in [-0.2, 0) is 4.79 Å². The number of halogens is 3. The van der Waals surface area contributed by atoms with Crippen LogP contribution in [0.1, 0.15) is 5.56 Å². The van der Waals surface area contributed by atoms with Gasteiger partial charge in [-0.1, -0.05) is 56.8 Å². The molecule has 0 saturated carbocycles. The molecule has 0 radical (unpaired) electrons. The zero-order valence-corrected chi connectivity index (χ0v) is 14.3. The maximum absolute atomic E-state index is 11.9. The maximum atomic E-state index is 11.9. The summed E-state index contributed by atoms with van der Waals surface area (Å²) in [6, 6.07) is 11.0. The lowest BCUT2D eigenvalue weighted by molar-refractivity contribution is -0.114. The molecule has 21 heavy (non-hydrogen) atoms. The molecule has 0 atom stereocenters. The van der Waals surface area contributed by atoms with E-state index in [9.17, 15) is 4.79 Å². The number of carbonyl (C=O) groups is 1. The van der Waals surface area contributed by atoms with Crippen molar-refractivity contribution < 1.29 is 4.79 Å². The minimum atomic E-state index is -0.172. The molecule has 1 amide bonds. The van der Waals surface area contributed by atoms with E-state index in [1.165, 1.54) is 0 Å². The average Bonchev–Trinajstić information content (AvgIpc) is 2.40. The first-order chi connectivity index (χ1) is 9.95. The lowest BCUT2D eigenvalue weighted by atomic mass is 10.2. The molecule has 0 aliphatic heterocycles. The fraction of sp³-hybridized carbons (Fsp3) is 0.133. The van der Waals surface area contributed by atoms with Crippen molar-refractivity contribution in [3.8, 4) is 0 Å². The minimum absolute atomic E-state index is 0.0783. The summed E-state index contributed by atoms with van der Waals surface area (Å²) in [5.74, 6) is -0.172. The first-order valence-corrected chi connectivity index (χ1v) is 7.75. The number of rotatable bonds is 4. The van der Waals surface area contributed by atoms with Crippen LogP contribution in [0.25, 0.3) is 0 Å².